The van der Waals surface area contributed by atoms with Crippen LogP contribution in [-0.4, -0.2) is 10.2 Å². The highest BCUT2D eigenvalue weighted by Gasteiger charge is 2.01. The molecule has 2 N–H and O–H groups in total. The van der Waals surface area contributed by atoms with Gasteiger partial charge in [0.15, 0.2) is 4.67 Å². The van der Waals surface area contributed by atoms with Crippen LogP contribution in [0.5, 0.6) is 0 Å². The van der Waals surface area contributed by atoms with Gasteiger partial charge < -0.3 is 9.73 Å². The molecule has 0 aliphatic carbocycles. The van der Waals surface area contributed by atoms with Gasteiger partial charge in [0.1, 0.15) is 5.76 Å². The standard InChI is InChI=1S/C10H12BrN3O/c1-7-8(5-13-14-7)4-12-6-9-2-3-10(11)15-9/h2-3,5,12H,4,6H2,1H3,(H,13,14). The van der Waals surface area contributed by atoms with E-state index in [0.717, 1.165) is 29.2 Å². The molecule has 2 aromatic rings. The summed E-state index contributed by atoms with van der Waals surface area (Å²) in [7, 11) is 0. The third kappa shape index (κ3) is 2.70. The van der Waals surface area contributed by atoms with Crippen molar-refractivity contribution < 1.29 is 4.42 Å². The molecule has 0 bridgehead atoms. The van der Waals surface area contributed by atoms with Crippen molar-refractivity contribution in [2.45, 2.75) is 20.0 Å². The van der Waals surface area contributed by atoms with Gasteiger partial charge in [-0.1, -0.05) is 0 Å². The molecule has 0 saturated carbocycles. The number of aryl methyl sites for hydroxylation is 1. The molecule has 0 saturated heterocycles. The second-order valence-electron chi connectivity index (χ2n) is 3.33. The van der Waals surface area contributed by atoms with Gasteiger partial charge in [-0.05, 0) is 35.0 Å². The zero-order valence-electron chi connectivity index (χ0n) is 8.38. The van der Waals surface area contributed by atoms with Gasteiger partial charge in [0, 0.05) is 17.8 Å². The van der Waals surface area contributed by atoms with E-state index in [1.807, 2.05) is 25.3 Å². The number of halogens is 1. The van der Waals surface area contributed by atoms with Crippen LogP contribution in [0.3, 0.4) is 0 Å². The van der Waals surface area contributed by atoms with E-state index in [1.165, 1.54) is 5.56 Å². The van der Waals surface area contributed by atoms with Crippen molar-refractivity contribution in [2.24, 2.45) is 0 Å². The van der Waals surface area contributed by atoms with Crippen molar-refractivity contribution in [3.63, 3.8) is 0 Å². The van der Waals surface area contributed by atoms with Crippen LogP contribution >= 0.6 is 15.9 Å². The monoisotopic (exact) mass is 269 g/mol. The first-order valence-corrected chi connectivity index (χ1v) is 5.49. The van der Waals surface area contributed by atoms with Crippen molar-refractivity contribution in [3.05, 3.63) is 40.0 Å². The Morgan fingerprint density at radius 3 is 2.93 bits per heavy atom. The first-order chi connectivity index (χ1) is 7.25. The molecule has 5 heteroatoms. The zero-order chi connectivity index (χ0) is 10.7. The molecule has 0 aliphatic rings. The SMILES string of the molecule is Cc1[nH]ncc1CNCc1ccc(Br)o1. The average Bonchev–Trinajstić information content (AvgIpc) is 2.77. The molecular formula is C10H12BrN3O. The van der Waals surface area contributed by atoms with Gasteiger partial charge in [0.05, 0.1) is 12.7 Å². The number of furan rings is 1. The summed E-state index contributed by atoms with van der Waals surface area (Å²) in [5, 5.41) is 10.1. The molecule has 0 fully saturated rings. The Hall–Kier alpha value is -1.07. The van der Waals surface area contributed by atoms with Gasteiger partial charge in [-0.2, -0.15) is 5.10 Å². The van der Waals surface area contributed by atoms with E-state index in [0.29, 0.717) is 0 Å². The predicted octanol–water partition coefficient (Wildman–Crippen LogP) is 2.36. The van der Waals surface area contributed by atoms with Crippen LogP contribution < -0.4 is 5.32 Å². The highest BCUT2D eigenvalue weighted by Crippen LogP contribution is 2.13. The largest absolute Gasteiger partial charge is 0.453 e. The van der Waals surface area contributed by atoms with Gasteiger partial charge in [0.2, 0.25) is 0 Å². The van der Waals surface area contributed by atoms with Crippen LogP contribution in [0.1, 0.15) is 17.0 Å². The summed E-state index contributed by atoms with van der Waals surface area (Å²) in [4.78, 5) is 0. The van der Waals surface area contributed by atoms with Crippen LogP contribution in [0.25, 0.3) is 0 Å². The fourth-order valence-electron chi connectivity index (χ4n) is 1.32. The minimum atomic E-state index is 0.718. The first kappa shape index (κ1) is 10.4. The van der Waals surface area contributed by atoms with Gasteiger partial charge in [-0.3, -0.25) is 5.10 Å². The molecule has 0 radical (unpaired) electrons. The van der Waals surface area contributed by atoms with E-state index < -0.39 is 0 Å². The van der Waals surface area contributed by atoms with Crippen molar-refractivity contribution >= 4 is 15.9 Å². The van der Waals surface area contributed by atoms with Crippen molar-refractivity contribution in [1.82, 2.24) is 15.5 Å². The minimum absolute atomic E-state index is 0.718. The molecule has 0 spiro atoms. The third-order valence-corrected chi connectivity index (χ3v) is 2.60. The molecule has 0 amide bonds. The Balaban J connectivity index is 1.83. The van der Waals surface area contributed by atoms with E-state index in [-0.39, 0.29) is 0 Å². The van der Waals surface area contributed by atoms with Crippen LogP contribution in [0, 0.1) is 6.92 Å². The summed E-state index contributed by atoms with van der Waals surface area (Å²) >= 11 is 3.26. The quantitative estimate of drug-likeness (QED) is 0.896. The summed E-state index contributed by atoms with van der Waals surface area (Å²) in [6.07, 6.45) is 1.83. The highest BCUT2D eigenvalue weighted by atomic mass is 79.9. The summed E-state index contributed by atoms with van der Waals surface area (Å²) in [6.45, 7) is 3.52. The van der Waals surface area contributed by atoms with Crippen LogP contribution in [0.15, 0.2) is 27.4 Å². The Kier molecular flexibility index (Phi) is 3.23. The lowest BCUT2D eigenvalue weighted by molar-refractivity contribution is 0.465. The van der Waals surface area contributed by atoms with E-state index in [4.69, 9.17) is 4.42 Å². The fourth-order valence-corrected chi connectivity index (χ4v) is 1.66. The fraction of sp³-hybridized carbons (Fsp3) is 0.300. The molecule has 2 heterocycles. The predicted molar refractivity (Wildman–Crippen MR) is 60.3 cm³/mol. The third-order valence-electron chi connectivity index (χ3n) is 2.18. The number of aromatic nitrogens is 2. The molecule has 2 rings (SSSR count). The number of hydrogen-bond acceptors (Lipinski definition) is 3. The van der Waals surface area contributed by atoms with E-state index in [1.54, 1.807) is 0 Å². The van der Waals surface area contributed by atoms with Gasteiger partial charge >= 0.3 is 0 Å². The molecule has 80 valence electrons. The molecule has 4 nitrogen and oxygen atoms in total. The number of rotatable bonds is 4. The Morgan fingerprint density at radius 2 is 2.33 bits per heavy atom. The Labute approximate surface area is 96.2 Å². The normalized spacial score (nSPS) is 10.8. The van der Waals surface area contributed by atoms with Gasteiger partial charge in [0.25, 0.3) is 0 Å². The second-order valence-corrected chi connectivity index (χ2v) is 4.11. The van der Waals surface area contributed by atoms with Crippen LogP contribution in [0.4, 0.5) is 0 Å². The molecular weight excluding hydrogens is 258 g/mol. The van der Waals surface area contributed by atoms with Crippen molar-refractivity contribution in [1.29, 1.82) is 0 Å². The van der Waals surface area contributed by atoms with Crippen molar-refractivity contribution in [2.75, 3.05) is 0 Å². The topological polar surface area (TPSA) is 53.9 Å². The Bertz CT molecular complexity index is 435. The van der Waals surface area contributed by atoms with E-state index >= 15 is 0 Å². The second kappa shape index (κ2) is 4.63. The van der Waals surface area contributed by atoms with Crippen LogP contribution in [0.2, 0.25) is 0 Å². The lowest BCUT2D eigenvalue weighted by Gasteiger charge is -2.00. The number of nitrogens with one attached hydrogen (secondary N) is 2. The average molecular weight is 270 g/mol. The smallest absolute Gasteiger partial charge is 0.169 e. The number of aromatic amines is 1. The molecule has 2 aromatic heterocycles. The van der Waals surface area contributed by atoms with E-state index in [9.17, 15) is 0 Å². The lowest BCUT2D eigenvalue weighted by atomic mass is 10.2. The summed E-state index contributed by atoms with van der Waals surface area (Å²) in [5.41, 5.74) is 2.28. The summed E-state index contributed by atoms with van der Waals surface area (Å²) < 4.78 is 6.13. The van der Waals surface area contributed by atoms with Crippen LogP contribution in [-0.2, 0) is 13.1 Å². The molecule has 15 heavy (non-hydrogen) atoms. The van der Waals surface area contributed by atoms with Crippen molar-refractivity contribution in [3.8, 4) is 0 Å². The maximum atomic E-state index is 5.36. The van der Waals surface area contributed by atoms with E-state index in [2.05, 4.69) is 31.4 Å². The Morgan fingerprint density at radius 1 is 1.47 bits per heavy atom. The first-order valence-electron chi connectivity index (χ1n) is 4.69. The molecule has 0 aliphatic heterocycles. The molecule has 0 unspecified atom stereocenters. The minimum Gasteiger partial charge on any atom is -0.453 e. The van der Waals surface area contributed by atoms with Gasteiger partial charge in [-0.15, -0.1) is 0 Å². The lowest BCUT2D eigenvalue weighted by Crippen LogP contribution is -2.12. The highest BCUT2D eigenvalue weighted by molar-refractivity contribution is 9.10. The number of hydrogen-bond donors (Lipinski definition) is 2. The molecule has 0 aromatic carbocycles. The summed E-state index contributed by atoms with van der Waals surface area (Å²) in [6, 6.07) is 3.83. The van der Waals surface area contributed by atoms with Gasteiger partial charge in [-0.25, -0.2) is 0 Å². The zero-order valence-corrected chi connectivity index (χ0v) is 9.97. The summed E-state index contributed by atoms with van der Waals surface area (Å²) in [5.74, 6) is 0.919. The number of H-pyrrole nitrogens is 1. The maximum absolute atomic E-state index is 5.36. The number of nitrogens with zero attached hydrogens (tertiary/aromatic N) is 1. The maximum Gasteiger partial charge on any atom is 0.169 e. The molecule has 0 atom stereocenters.